The van der Waals surface area contributed by atoms with Gasteiger partial charge in [-0.15, -0.1) is 0 Å². The Balaban J connectivity index is 1.66. The number of Topliss-reactive ketones (excluding diaryl/α,β-unsaturated/α-hetero) is 1. The molecule has 2 aromatic carbocycles. The second kappa shape index (κ2) is 10.2. The molecule has 174 valence electrons. The van der Waals surface area contributed by atoms with Gasteiger partial charge in [-0.3, -0.25) is 14.5 Å². The number of hydrogen-bond acceptors (Lipinski definition) is 6. The van der Waals surface area contributed by atoms with Crippen molar-refractivity contribution in [3.05, 3.63) is 71.3 Å². The fourth-order valence-electron chi connectivity index (χ4n) is 4.45. The molecule has 0 radical (unpaired) electrons. The molecule has 2 heterocycles. The number of amides is 1. The first-order valence-electron chi connectivity index (χ1n) is 11.4. The summed E-state index contributed by atoms with van der Waals surface area (Å²) in [6, 6.07) is 16.1. The quantitative estimate of drug-likeness (QED) is 0.398. The van der Waals surface area contributed by atoms with E-state index in [2.05, 4.69) is 4.90 Å². The third-order valence-electron chi connectivity index (χ3n) is 6.29. The highest BCUT2D eigenvalue weighted by Crippen LogP contribution is 2.39. The molecule has 0 bridgehead atoms. The second-order valence-corrected chi connectivity index (χ2v) is 8.65. The molecule has 4 rings (SSSR count). The van der Waals surface area contributed by atoms with Crippen molar-refractivity contribution < 1.29 is 19.4 Å². The van der Waals surface area contributed by atoms with Crippen molar-refractivity contribution in [2.75, 3.05) is 58.4 Å². The number of carbonyl (C=O) groups is 2. The van der Waals surface area contributed by atoms with Crippen LogP contribution in [-0.2, 0) is 14.3 Å². The summed E-state index contributed by atoms with van der Waals surface area (Å²) in [6.07, 6.45) is 0.741. The van der Waals surface area contributed by atoms with E-state index in [1.807, 2.05) is 49.3 Å². The number of anilines is 1. The van der Waals surface area contributed by atoms with Crippen LogP contribution in [0.3, 0.4) is 0 Å². The first-order valence-corrected chi connectivity index (χ1v) is 11.4. The smallest absolute Gasteiger partial charge is 0.295 e. The predicted octanol–water partition coefficient (Wildman–Crippen LogP) is 2.90. The summed E-state index contributed by atoms with van der Waals surface area (Å²) in [5.74, 6) is -1.33. The van der Waals surface area contributed by atoms with Gasteiger partial charge >= 0.3 is 0 Å². The van der Waals surface area contributed by atoms with E-state index < -0.39 is 17.7 Å². The minimum Gasteiger partial charge on any atom is -0.507 e. The number of nitrogens with zero attached hydrogens (tertiary/aromatic N) is 3. The van der Waals surface area contributed by atoms with E-state index in [4.69, 9.17) is 4.74 Å². The summed E-state index contributed by atoms with van der Waals surface area (Å²) < 4.78 is 5.41. The number of likely N-dealkylation sites (tertiary alicyclic amines) is 1. The van der Waals surface area contributed by atoms with Gasteiger partial charge in [0.2, 0.25) is 0 Å². The number of benzene rings is 2. The Bertz CT molecular complexity index is 1010. The molecule has 1 amide bonds. The lowest BCUT2D eigenvalue weighted by atomic mass is 9.95. The van der Waals surface area contributed by atoms with E-state index in [1.165, 1.54) is 0 Å². The van der Waals surface area contributed by atoms with Gasteiger partial charge < -0.3 is 19.6 Å². The van der Waals surface area contributed by atoms with Crippen LogP contribution in [0.1, 0.15) is 23.6 Å². The largest absolute Gasteiger partial charge is 0.507 e. The molecule has 2 aromatic rings. The summed E-state index contributed by atoms with van der Waals surface area (Å²) in [5.41, 5.74) is 2.50. The minimum atomic E-state index is -0.635. The maximum Gasteiger partial charge on any atom is 0.295 e. The lowest BCUT2D eigenvalue weighted by molar-refractivity contribution is -0.140. The second-order valence-electron chi connectivity index (χ2n) is 8.65. The number of morpholine rings is 1. The minimum absolute atomic E-state index is 0.133. The molecule has 0 aromatic heterocycles. The van der Waals surface area contributed by atoms with Crippen molar-refractivity contribution in [2.24, 2.45) is 0 Å². The lowest BCUT2D eigenvalue weighted by Crippen LogP contribution is -2.38. The van der Waals surface area contributed by atoms with E-state index in [1.54, 1.807) is 29.2 Å². The molecule has 2 aliphatic heterocycles. The van der Waals surface area contributed by atoms with E-state index in [0.717, 1.165) is 50.5 Å². The maximum atomic E-state index is 13.1. The van der Waals surface area contributed by atoms with Crippen LogP contribution < -0.4 is 4.90 Å². The number of hydrogen-bond donors (Lipinski definition) is 1. The van der Waals surface area contributed by atoms with Crippen molar-refractivity contribution >= 4 is 23.1 Å². The maximum absolute atomic E-state index is 13.1. The monoisotopic (exact) mass is 449 g/mol. The van der Waals surface area contributed by atoms with Crippen molar-refractivity contribution in [1.82, 2.24) is 9.80 Å². The van der Waals surface area contributed by atoms with E-state index in [0.29, 0.717) is 12.1 Å². The highest BCUT2D eigenvalue weighted by Gasteiger charge is 2.45. The molecule has 0 spiro atoms. The Labute approximate surface area is 194 Å². The predicted molar refractivity (Wildman–Crippen MR) is 128 cm³/mol. The third kappa shape index (κ3) is 4.94. The van der Waals surface area contributed by atoms with Crippen molar-refractivity contribution in [1.29, 1.82) is 0 Å². The zero-order chi connectivity index (χ0) is 23.4. The highest BCUT2D eigenvalue weighted by molar-refractivity contribution is 6.46. The molecule has 1 atom stereocenters. The average molecular weight is 450 g/mol. The van der Waals surface area contributed by atoms with Crippen molar-refractivity contribution in [3.63, 3.8) is 0 Å². The van der Waals surface area contributed by atoms with Crippen LogP contribution in [0.15, 0.2) is 60.2 Å². The molecular formula is C26H31N3O4. The van der Waals surface area contributed by atoms with Gasteiger partial charge in [-0.25, -0.2) is 0 Å². The summed E-state index contributed by atoms with van der Waals surface area (Å²) in [6.45, 7) is 4.47. The Morgan fingerprint density at radius 3 is 2.30 bits per heavy atom. The van der Waals surface area contributed by atoms with E-state index in [-0.39, 0.29) is 11.3 Å². The molecule has 2 aliphatic rings. The molecule has 7 heteroatoms. The number of rotatable bonds is 7. The SMILES string of the molecule is CN(C)c1ccc(C2/C(=C(\O)c3ccccc3)C(=O)C(=O)N2CCCN2CCOCC2)cc1. The van der Waals surface area contributed by atoms with Crippen LogP contribution in [0, 0.1) is 0 Å². The first-order chi connectivity index (χ1) is 16.0. The van der Waals surface area contributed by atoms with Crippen LogP contribution in [0.25, 0.3) is 5.76 Å². The number of ether oxygens (including phenoxy) is 1. The van der Waals surface area contributed by atoms with Crippen LogP contribution in [0.2, 0.25) is 0 Å². The normalized spacial score (nSPS) is 20.9. The fraction of sp³-hybridized carbons (Fsp3) is 0.385. The van der Waals surface area contributed by atoms with Crippen molar-refractivity contribution in [3.8, 4) is 0 Å². The van der Waals surface area contributed by atoms with Crippen LogP contribution >= 0.6 is 0 Å². The molecule has 2 fully saturated rings. The van der Waals surface area contributed by atoms with Gasteiger partial charge in [0.05, 0.1) is 24.8 Å². The lowest BCUT2D eigenvalue weighted by Gasteiger charge is -2.29. The molecule has 0 aliphatic carbocycles. The molecule has 2 saturated heterocycles. The first kappa shape index (κ1) is 23.0. The van der Waals surface area contributed by atoms with Gasteiger partial charge in [-0.1, -0.05) is 42.5 Å². The number of aliphatic hydroxyl groups excluding tert-OH is 1. The Morgan fingerprint density at radius 1 is 1.00 bits per heavy atom. The highest BCUT2D eigenvalue weighted by atomic mass is 16.5. The zero-order valence-corrected chi connectivity index (χ0v) is 19.2. The molecular weight excluding hydrogens is 418 g/mol. The molecule has 33 heavy (non-hydrogen) atoms. The van der Waals surface area contributed by atoms with Crippen LogP contribution in [0.4, 0.5) is 5.69 Å². The van der Waals surface area contributed by atoms with Gasteiger partial charge in [0, 0.05) is 51.5 Å². The van der Waals surface area contributed by atoms with Gasteiger partial charge in [0.25, 0.3) is 11.7 Å². The van der Waals surface area contributed by atoms with Gasteiger partial charge in [0.15, 0.2) is 0 Å². The summed E-state index contributed by atoms with van der Waals surface area (Å²) in [7, 11) is 3.92. The summed E-state index contributed by atoms with van der Waals surface area (Å²) in [5, 5.41) is 11.1. The topological polar surface area (TPSA) is 73.3 Å². The fourth-order valence-corrected chi connectivity index (χ4v) is 4.45. The van der Waals surface area contributed by atoms with Gasteiger partial charge in [0.1, 0.15) is 5.76 Å². The third-order valence-corrected chi connectivity index (χ3v) is 6.29. The Kier molecular flexibility index (Phi) is 7.11. The molecule has 1 N–H and O–H groups in total. The van der Waals surface area contributed by atoms with Gasteiger partial charge in [-0.05, 0) is 24.1 Å². The number of ketones is 1. The molecule has 1 unspecified atom stereocenters. The van der Waals surface area contributed by atoms with E-state index >= 15 is 0 Å². The Morgan fingerprint density at radius 2 is 1.67 bits per heavy atom. The van der Waals surface area contributed by atoms with E-state index in [9.17, 15) is 14.7 Å². The van der Waals surface area contributed by atoms with Crippen LogP contribution in [0.5, 0.6) is 0 Å². The summed E-state index contributed by atoms with van der Waals surface area (Å²) >= 11 is 0. The molecule has 0 saturated carbocycles. The standard InChI is InChI=1S/C26H31N3O4/c1-27(2)21-11-9-19(10-12-21)23-22(24(30)20-7-4-3-5-8-20)25(31)26(32)29(23)14-6-13-28-15-17-33-18-16-28/h3-5,7-12,23,30H,6,13-18H2,1-2H3/b24-22+. The summed E-state index contributed by atoms with van der Waals surface area (Å²) in [4.78, 5) is 32.1. The average Bonchev–Trinajstić information content (AvgIpc) is 3.10. The Hall–Kier alpha value is -3.16. The van der Waals surface area contributed by atoms with Gasteiger partial charge in [-0.2, -0.15) is 0 Å². The zero-order valence-electron chi connectivity index (χ0n) is 19.2. The van der Waals surface area contributed by atoms with Crippen LogP contribution in [-0.4, -0.2) is 80.1 Å². The number of carbonyl (C=O) groups excluding carboxylic acids is 2. The number of aliphatic hydroxyl groups is 1. The van der Waals surface area contributed by atoms with Crippen molar-refractivity contribution in [2.45, 2.75) is 12.5 Å². The molecule has 7 nitrogen and oxygen atoms in total.